The molecule has 122 valence electrons. The van der Waals surface area contributed by atoms with E-state index in [1.165, 1.54) is 10.6 Å². The topological polar surface area (TPSA) is 66.5 Å². The third kappa shape index (κ3) is 4.55. The summed E-state index contributed by atoms with van der Waals surface area (Å²) in [6.07, 6.45) is 3.33. The third-order valence-electron chi connectivity index (χ3n) is 4.35. The predicted molar refractivity (Wildman–Crippen MR) is 88.0 cm³/mol. The summed E-state index contributed by atoms with van der Waals surface area (Å²) in [4.78, 5) is 12.2. The van der Waals surface area contributed by atoms with E-state index in [1.807, 2.05) is 30.3 Å². The molecule has 1 heterocycles. The molecule has 1 aromatic rings. The van der Waals surface area contributed by atoms with E-state index in [0.29, 0.717) is 19.5 Å². The molecule has 5 nitrogen and oxygen atoms in total. The lowest BCUT2D eigenvalue weighted by molar-refractivity contribution is -0.117. The second kappa shape index (κ2) is 7.24. The van der Waals surface area contributed by atoms with Gasteiger partial charge < -0.3 is 5.32 Å². The number of benzene rings is 1. The molecule has 0 aromatic heterocycles. The van der Waals surface area contributed by atoms with Crippen LogP contribution < -0.4 is 5.32 Å². The first-order valence-corrected chi connectivity index (χ1v) is 9.55. The molecule has 0 saturated carbocycles. The number of anilines is 1. The van der Waals surface area contributed by atoms with Crippen LogP contribution in [-0.2, 0) is 14.8 Å². The number of piperidine rings is 1. The molecular weight excluding hydrogens is 300 g/mol. The van der Waals surface area contributed by atoms with Gasteiger partial charge in [0.15, 0.2) is 0 Å². The smallest absolute Gasteiger partial charge is 0.224 e. The van der Waals surface area contributed by atoms with Crippen LogP contribution in [-0.4, -0.2) is 38.0 Å². The number of amides is 1. The fourth-order valence-electron chi connectivity index (χ4n) is 3.05. The number of rotatable bonds is 5. The molecule has 1 N–H and O–H groups in total. The molecule has 1 amide bonds. The van der Waals surface area contributed by atoms with E-state index in [-0.39, 0.29) is 17.7 Å². The van der Waals surface area contributed by atoms with Crippen molar-refractivity contribution < 1.29 is 13.2 Å². The molecular formula is C16H24N2O3S. The number of carbonyl (C=O) groups excluding carboxylic acids is 1. The van der Waals surface area contributed by atoms with Crippen molar-refractivity contribution in [2.75, 3.05) is 24.7 Å². The Hall–Kier alpha value is -1.40. The van der Waals surface area contributed by atoms with Gasteiger partial charge in [-0.3, -0.25) is 4.79 Å². The Morgan fingerprint density at radius 1 is 1.27 bits per heavy atom. The summed E-state index contributed by atoms with van der Waals surface area (Å²) < 4.78 is 24.9. The van der Waals surface area contributed by atoms with Gasteiger partial charge in [-0.05, 0) is 30.4 Å². The highest BCUT2D eigenvalue weighted by molar-refractivity contribution is 7.88. The summed E-state index contributed by atoms with van der Waals surface area (Å²) in [6.45, 7) is 3.09. The minimum absolute atomic E-state index is 0.00227. The number of carbonyl (C=O) groups is 1. The summed E-state index contributed by atoms with van der Waals surface area (Å²) >= 11 is 0. The molecule has 0 unspecified atom stereocenters. The lowest BCUT2D eigenvalue weighted by Crippen LogP contribution is -2.43. The fraction of sp³-hybridized carbons (Fsp3) is 0.562. The molecule has 0 bridgehead atoms. The SMILES string of the molecule is CC[C@@H]1CN(S(C)(=O)=O)CC[C@H]1CC(=O)Nc1ccccc1. The van der Waals surface area contributed by atoms with E-state index in [2.05, 4.69) is 12.2 Å². The van der Waals surface area contributed by atoms with E-state index >= 15 is 0 Å². The van der Waals surface area contributed by atoms with E-state index in [9.17, 15) is 13.2 Å². The minimum atomic E-state index is -3.14. The summed E-state index contributed by atoms with van der Waals surface area (Å²) in [7, 11) is -3.14. The van der Waals surface area contributed by atoms with E-state index in [0.717, 1.165) is 18.5 Å². The molecule has 1 saturated heterocycles. The van der Waals surface area contributed by atoms with Crippen molar-refractivity contribution in [3.63, 3.8) is 0 Å². The summed E-state index contributed by atoms with van der Waals surface area (Å²) in [5.74, 6) is 0.485. The number of nitrogens with zero attached hydrogens (tertiary/aromatic N) is 1. The number of para-hydroxylation sites is 1. The molecule has 2 rings (SSSR count). The molecule has 1 fully saturated rings. The Bertz CT molecular complexity index is 601. The first-order valence-electron chi connectivity index (χ1n) is 7.70. The molecule has 1 aliphatic heterocycles. The van der Waals surface area contributed by atoms with Crippen LogP contribution in [0.25, 0.3) is 0 Å². The number of hydrogen-bond donors (Lipinski definition) is 1. The predicted octanol–water partition coefficient (Wildman–Crippen LogP) is 2.32. The highest BCUT2D eigenvalue weighted by Crippen LogP contribution is 2.30. The number of hydrogen-bond acceptors (Lipinski definition) is 3. The Kier molecular flexibility index (Phi) is 5.58. The summed E-state index contributed by atoms with van der Waals surface area (Å²) in [5.41, 5.74) is 0.800. The van der Waals surface area contributed by atoms with Gasteiger partial charge in [0, 0.05) is 25.2 Å². The van der Waals surface area contributed by atoms with Gasteiger partial charge >= 0.3 is 0 Å². The first kappa shape index (κ1) is 17.0. The molecule has 6 heteroatoms. The zero-order valence-electron chi connectivity index (χ0n) is 13.2. The van der Waals surface area contributed by atoms with Gasteiger partial charge in [-0.15, -0.1) is 0 Å². The van der Waals surface area contributed by atoms with Crippen molar-refractivity contribution >= 4 is 21.6 Å². The number of sulfonamides is 1. The van der Waals surface area contributed by atoms with Gasteiger partial charge in [0.25, 0.3) is 0 Å². The second-order valence-corrected chi connectivity index (χ2v) is 7.94. The molecule has 0 radical (unpaired) electrons. The van der Waals surface area contributed by atoms with Gasteiger partial charge in [-0.25, -0.2) is 12.7 Å². The average molecular weight is 324 g/mol. The monoisotopic (exact) mass is 324 g/mol. The minimum Gasteiger partial charge on any atom is -0.326 e. The van der Waals surface area contributed by atoms with Crippen LogP contribution in [0, 0.1) is 11.8 Å². The maximum atomic E-state index is 12.2. The summed E-state index contributed by atoms with van der Waals surface area (Å²) in [5, 5.41) is 2.90. The van der Waals surface area contributed by atoms with Crippen molar-refractivity contribution in [3.8, 4) is 0 Å². The van der Waals surface area contributed by atoms with Crippen LogP contribution in [0.2, 0.25) is 0 Å². The van der Waals surface area contributed by atoms with Crippen LogP contribution in [0.5, 0.6) is 0 Å². The van der Waals surface area contributed by atoms with Crippen LogP contribution in [0.15, 0.2) is 30.3 Å². The third-order valence-corrected chi connectivity index (χ3v) is 5.62. The van der Waals surface area contributed by atoms with Crippen molar-refractivity contribution in [2.24, 2.45) is 11.8 Å². The Labute approximate surface area is 132 Å². The zero-order valence-corrected chi connectivity index (χ0v) is 14.0. The quantitative estimate of drug-likeness (QED) is 0.904. The lowest BCUT2D eigenvalue weighted by atomic mass is 9.82. The Morgan fingerprint density at radius 2 is 1.95 bits per heavy atom. The maximum Gasteiger partial charge on any atom is 0.224 e. The fourth-order valence-corrected chi connectivity index (χ4v) is 3.95. The molecule has 0 spiro atoms. The molecule has 2 atom stereocenters. The molecule has 1 aromatic carbocycles. The van der Waals surface area contributed by atoms with Crippen LogP contribution in [0.1, 0.15) is 26.2 Å². The van der Waals surface area contributed by atoms with Crippen molar-refractivity contribution in [2.45, 2.75) is 26.2 Å². The van der Waals surface area contributed by atoms with E-state index in [4.69, 9.17) is 0 Å². The Balaban J connectivity index is 1.93. The molecule has 0 aliphatic carbocycles. The first-order chi connectivity index (χ1) is 10.4. The zero-order chi connectivity index (χ0) is 16.2. The van der Waals surface area contributed by atoms with Gasteiger partial charge in [0.05, 0.1) is 6.26 Å². The van der Waals surface area contributed by atoms with Crippen LogP contribution in [0.3, 0.4) is 0 Å². The molecule has 22 heavy (non-hydrogen) atoms. The van der Waals surface area contributed by atoms with Crippen LogP contribution in [0.4, 0.5) is 5.69 Å². The van der Waals surface area contributed by atoms with Crippen molar-refractivity contribution in [1.82, 2.24) is 4.31 Å². The largest absolute Gasteiger partial charge is 0.326 e. The maximum absolute atomic E-state index is 12.2. The number of nitrogens with one attached hydrogen (secondary N) is 1. The van der Waals surface area contributed by atoms with Crippen LogP contribution >= 0.6 is 0 Å². The van der Waals surface area contributed by atoms with Gasteiger partial charge in [-0.2, -0.15) is 0 Å². The van der Waals surface area contributed by atoms with E-state index in [1.54, 1.807) is 0 Å². The standard InChI is InChI=1S/C16H24N2O3S/c1-3-13-12-18(22(2,20)21)10-9-14(13)11-16(19)17-15-7-5-4-6-8-15/h4-8,13-14H,3,9-12H2,1-2H3,(H,17,19)/t13-,14+/m1/s1. The normalized spacial score (nSPS) is 23.2. The highest BCUT2D eigenvalue weighted by atomic mass is 32.2. The van der Waals surface area contributed by atoms with Crippen molar-refractivity contribution in [1.29, 1.82) is 0 Å². The lowest BCUT2D eigenvalue weighted by Gasteiger charge is -2.36. The van der Waals surface area contributed by atoms with Crippen molar-refractivity contribution in [3.05, 3.63) is 30.3 Å². The summed E-state index contributed by atoms with van der Waals surface area (Å²) in [6, 6.07) is 9.40. The molecule has 1 aliphatic rings. The highest BCUT2D eigenvalue weighted by Gasteiger charge is 2.33. The Morgan fingerprint density at radius 3 is 2.55 bits per heavy atom. The average Bonchev–Trinajstić information content (AvgIpc) is 2.47. The van der Waals surface area contributed by atoms with Gasteiger partial charge in [-0.1, -0.05) is 31.5 Å². The van der Waals surface area contributed by atoms with Gasteiger partial charge in [0.2, 0.25) is 15.9 Å². The van der Waals surface area contributed by atoms with Gasteiger partial charge in [0.1, 0.15) is 0 Å². The van der Waals surface area contributed by atoms with E-state index < -0.39 is 10.0 Å². The second-order valence-electron chi connectivity index (χ2n) is 5.96.